The van der Waals surface area contributed by atoms with Crippen LogP contribution in [0.2, 0.25) is 10.0 Å². The number of alkyl halides is 3. The van der Waals surface area contributed by atoms with Gasteiger partial charge >= 0.3 is 6.18 Å². The molecule has 0 unspecified atom stereocenters. The van der Waals surface area contributed by atoms with Gasteiger partial charge in [-0.1, -0.05) is 37.0 Å². The number of hydrogen-bond donors (Lipinski definition) is 2. The number of aromatic nitrogens is 2. The number of nitrogens with zero attached hydrogens (tertiary/aromatic N) is 3. The molecular formula is C18H22Cl2F3N5. The van der Waals surface area contributed by atoms with Gasteiger partial charge in [-0.3, -0.25) is 0 Å². The third-order valence-electron chi connectivity index (χ3n) is 3.75. The van der Waals surface area contributed by atoms with Crippen LogP contribution in [0, 0.1) is 5.41 Å². The molecule has 0 saturated carbocycles. The Morgan fingerprint density at radius 2 is 1.79 bits per heavy atom. The number of rotatable bonds is 7. The van der Waals surface area contributed by atoms with E-state index in [9.17, 15) is 13.2 Å². The Balaban J connectivity index is 2.27. The molecule has 0 bridgehead atoms. The van der Waals surface area contributed by atoms with Crippen LogP contribution < -0.4 is 10.6 Å². The molecule has 0 aliphatic rings. The van der Waals surface area contributed by atoms with Gasteiger partial charge in [-0.25, -0.2) is 4.98 Å². The minimum absolute atomic E-state index is 0.0132. The molecule has 0 saturated heterocycles. The van der Waals surface area contributed by atoms with Gasteiger partial charge < -0.3 is 15.5 Å². The second-order valence-electron chi connectivity index (χ2n) is 7.46. The third kappa shape index (κ3) is 6.39. The fraction of sp³-hybridized carbons (Fsp3) is 0.444. The molecule has 0 aliphatic heterocycles. The van der Waals surface area contributed by atoms with Gasteiger partial charge in [0.1, 0.15) is 11.4 Å². The van der Waals surface area contributed by atoms with E-state index in [0.717, 1.165) is 6.20 Å². The first-order valence-electron chi connectivity index (χ1n) is 8.42. The van der Waals surface area contributed by atoms with Crippen LogP contribution in [-0.4, -0.2) is 42.1 Å². The van der Waals surface area contributed by atoms with Crippen molar-refractivity contribution in [2.45, 2.75) is 20.0 Å². The zero-order valence-corrected chi connectivity index (χ0v) is 17.5. The molecule has 5 nitrogen and oxygen atoms in total. The first-order valence-corrected chi connectivity index (χ1v) is 9.18. The van der Waals surface area contributed by atoms with Gasteiger partial charge in [-0.2, -0.15) is 18.2 Å². The Kier molecular flexibility index (Phi) is 7.01. The summed E-state index contributed by atoms with van der Waals surface area (Å²) < 4.78 is 40.1. The first-order chi connectivity index (χ1) is 12.9. The lowest BCUT2D eigenvalue weighted by molar-refractivity contribution is -0.137. The van der Waals surface area contributed by atoms with Crippen molar-refractivity contribution in [2.24, 2.45) is 5.41 Å². The maximum Gasteiger partial charge on any atom is 0.421 e. The summed E-state index contributed by atoms with van der Waals surface area (Å²) >= 11 is 11.8. The minimum Gasteiger partial charge on any atom is -0.369 e. The van der Waals surface area contributed by atoms with Gasteiger partial charge in [0, 0.05) is 25.0 Å². The van der Waals surface area contributed by atoms with Crippen molar-refractivity contribution in [1.82, 2.24) is 14.9 Å². The van der Waals surface area contributed by atoms with Crippen LogP contribution in [0.1, 0.15) is 19.4 Å². The SMILES string of the molecule is CN(C)CC(C)(C)CNc1nc(Nc2ccc(Cl)c(Cl)c2)ncc1C(F)(F)F. The standard InChI is InChI=1S/C18H22Cl2F3N5/c1-17(2,10-28(3)4)9-25-15-12(18(21,22)23)8-24-16(27-15)26-11-5-6-13(19)14(20)7-11/h5-8H,9-10H2,1-4H3,(H2,24,25,26,27). The summed E-state index contributed by atoms with van der Waals surface area (Å²) in [6.07, 6.45) is -3.82. The van der Waals surface area contributed by atoms with Crippen molar-refractivity contribution in [1.29, 1.82) is 0 Å². The molecule has 10 heteroatoms. The molecule has 28 heavy (non-hydrogen) atoms. The summed E-state index contributed by atoms with van der Waals surface area (Å²) in [5.41, 5.74) is -0.685. The second-order valence-corrected chi connectivity index (χ2v) is 8.28. The van der Waals surface area contributed by atoms with E-state index >= 15 is 0 Å². The van der Waals surface area contributed by atoms with Gasteiger partial charge in [0.05, 0.1) is 10.0 Å². The molecule has 1 aromatic carbocycles. The number of benzene rings is 1. The summed E-state index contributed by atoms with van der Waals surface area (Å²) in [6.45, 7) is 4.92. The molecule has 2 N–H and O–H groups in total. The molecule has 154 valence electrons. The Morgan fingerprint density at radius 1 is 1.11 bits per heavy atom. The van der Waals surface area contributed by atoms with Crippen molar-refractivity contribution in [3.05, 3.63) is 40.0 Å². The largest absolute Gasteiger partial charge is 0.421 e. The lowest BCUT2D eigenvalue weighted by Gasteiger charge is -2.29. The molecule has 1 aromatic heterocycles. The predicted octanol–water partition coefficient (Wildman–Crippen LogP) is 5.55. The van der Waals surface area contributed by atoms with E-state index in [-0.39, 0.29) is 17.2 Å². The smallest absolute Gasteiger partial charge is 0.369 e. The van der Waals surface area contributed by atoms with E-state index < -0.39 is 11.7 Å². The highest BCUT2D eigenvalue weighted by molar-refractivity contribution is 6.42. The number of halogens is 5. The van der Waals surface area contributed by atoms with Crippen LogP contribution >= 0.6 is 23.2 Å². The fourth-order valence-corrected chi connectivity index (χ4v) is 3.02. The summed E-state index contributed by atoms with van der Waals surface area (Å²) in [5, 5.41) is 6.34. The Labute approximate surface area is 172 Å². The molecule has 2 aromatic rings. The van der Waals surface area contributed by atoms with Crippen molar-refractivity contribution >= 4 is 40.7 Å². The summed E-state index contributed by atoms with van der Waals surface area (Å²) in [6, 6.07) is 4.74. The highest BCUT2D eigenvalue weighted by Gasteiger charge is 2.35. The summed E-state index contributed by atoms with van der Waals surface area (Å²) in [5.74, 6) is -0.267. The zero-order chi connectivity index (χ0) is 21.1. The molecule has 0 aliphatic carbocycles. The van der Waals surface area contributed by atoms with Crippen LogP contribution in [0.15, 0.2) is 24.4 Å². The van der Waals surface area contributed by atoms with E-state index in [1.807, 2.05) is 32.8 Å². The predicted molar refractivity (Wildman–Crippen MR) is 108 cm³/mol. The lowest BCUT2D eigenvalue weighted by Crippen LogP contribution is -2.35. The van der Waals surface area contributed by atoms with E-state index in [4.69, 9.17) is 23.2 Å². The maximum atomic E-state index is 13.4. The lowest BCUT2D eigenvalue weighted by atomic mass is 9.93. The van der Waals surface area contributed by atoms with E-state index in [0.29, 0.717) is 28.8 Å². The molecule has 2 rings (SSSR count). The Morgan fingerprint density at radius 3 is 2.36 bits per heavy atom. The first kappa shape index (κ1) is 22.5. The van der Waals surface area contributed by atoms with E-state index in [1.54, 1.807) is 12.1 Å². The molecular weight excluding hydrogens is 414 g/mol. The second kappa shape index (κ2) is 8.71. The minimum atomic E-state index is -4.57. The van der Waals surface area contributed by atoms with Gasteiger partial charge in [-0.15, -0.1) is 0 Å². The molecule has 0 fully saturated rings. The number of anilines is 3. The Hall–Kier alpha value is -1.77. The van der Waals surface area contributed by atoms with Crippen molar-refractivity contribution < 1.29 is 13.2 Å². The topological polar surface area (TPSA) is 53.1 Å². The summed E-state index contributed by atoms with van der Waals surface area (Å²) in [4.78, 5) is 9.78. The van der Waals surface area contributed by atoms with Gasteiger partial charge in [0.2, 0.25) is 5.95 Å². The Bertz CT molecular complexity index is 825. The molecule has 0 radical (unpaired) electrons. The van der Waals surface area contributed by atoms with Gasteiger partial charge in [-0.05, 0) is 37.7 Å². The van der Waals surface area contributed by atoms with Crippen LogP contribution in [0.4, 0.5) is 30.6 Å². The molecule has 1 heterocycles. The quantitative estimate of drug-likeness (QED) is 0.597. The molecule has 0 spiro atoms. The van der Waals surface area contributed by atoms with Crippen LogP contribution in [0.25, 0.3) is 0 Å². The average molecular weight is 436 g/mol. The van der Waals surface area contributed by atoms with Crippen LogP contribution in [0.5, 0.6) is 0 Å². The maximum absolute atomic E-state index is 13.4. The van der Waals surface area contributed by atoms with Crippen molar-refractivity contribution in [3.63, 3.8) is 0 Å². The van der Waals surface area contributed by atoms with Gasteiger partial charge in [0.15, 0.2) is 0 Å². The average Bonchev–Trinajstić information content (AvgIpc) is 2.54. The monoisotopic (exact) mass is 435 g/mol. The van der Waals surface area contributed by atoms with Crippen molar-refractivity contribution in [2.75, 3.05) is 37.8 Å². The highest BCUT2D eigenvalue weighted by atomic mass is 35.5. The van der Waals surface area contributed by atoms with Crippen LogP contribution in [0.3, 0.4) is 0 Å². The van der Waals surface area contributed by atoms with Crippen LogP contribution in [-0.2, 0) is 6.18 Å². The number of nitrogens with one attached hydrogen (secondary N) is 2. The molecule has 0 atom stereocenters. The van der Waals surface area contributed by atoms with Gasteiger partial charge in [0.25, 0.3) is 0 Å². The number of hydrogen-bond acceptors (Lipinski definition) is 5. The van der Waals surface area contributed by atoms with E-state index in [1.165, 1.54) is 6.07 Å². The van der Waals surface area contributed by atoms with Crippen molar-refractivity contribution in [3.8, 4) is 0 Å². The molecule has 0 amide bonds. The zero-order valence-electron chi connectivity index (χ0n) is 16.0. The fourth-order valence-electron chi connectivity index (χ4n) is 2.72. The summed E-state index contributed by atoms with van der Waals surface area (Å²) in [7, 11) is 3.82. The third-order valence-corrected chi connectivity index (χ3v) is 4.49. The normalized spacial score (nSPS) is 12.4. The highest BCUT2D eigenvalue weighted by Crippen LogP contribution is 2.35. The van der Waals surface area contributed by atoms with E-state index in [2.05, 4.69) is 20.6 Å².